The average Bonchev–Trinajstić information content (AvgIpc) is 2.58. The molecule has 84 valence electrons. The summed E-state index contributed by atoms with van der Waals surface area (Å²) >= 11 is 0. The molecule has 0 aromatic carbocycles. The van der Waals surface area contributed by atoms with E-state index >= 15 is 0 Å². The average molecular weight is 200 g/mol. The Kier molecular flexibility index (Phi) is 5.45. The fourth-order valence-electron chi connectivity index (χ4n) is 1.95. The van der Waals surface area contributed by atoms with Crippen molar-refractivity contribution in [3.8, 4) is 0 Å². The highest BCUT2D eigenvalue weighted by molar-refractivity contribution is 4.83. The van der Waals surface area contributed by atoms with Crippen LogP contribution in [0.1, 0.15) is 32.6 Å². The normalized spacial score (nSPS) is 27.4. The van der Waals surface area contributed by atoms with Gasteiger partial charge in [-0.1, -0.05) is 13.3 Å². The molecule has 2 atom stereocenters. The second-order valence-electron chi connectivity index (χ2n) is 4.36. The number of aliphatic hydroxyl groups is 1. The van der Waals surface area contributed by atoms with Crippen LogP contribution in [0, 0.1) is 0 Å². The summed E-state index contributed by atoms with van der Waals surface area (Å²) in [6.07, 6.45) is 4.41. The molecule has 1 heterocycles. The van der Waals surface area contributed by atoms with E-state index in [1.165, 1.54) is 19.4 Å². The molecule has 0 aromatic heterocycles. The summed E-state index contributed by atoms with van der Waals surface area (Å²) in [4.78, 5) is 2.36. The van der Waals surface area contributed by atoms with Crippen LogP contribution in [0.15, 0.2) is 0 Å². The van der Waals surface area contributed by atoms with E-state index in [0.29, 0.717) is 6.04 Å². The van der Waals surface area contributed by atoms with Crippen LogP contribution in [0.2, 0.25) is 0 Å². The van der Waals surface area contributed by atoms with E-state index in [4.69, 9.17) is 0 Å². The summed E-state index contributed by atoms with van der Waals surface area (Å²) in [5.74, 6) is 0. The van der Waals surface area contributed by atoms with Gasteiger partial charge in [0.25, 0.3) is 0 Å². The first-order valence-electron chi connectivity index (χ1n) is 5.84. The summed E-state index contributed by atoms with van der Waals surface area (Å²) < 4.78 is 0. The van der Waals surface area contributed by atoms with Gasteiger partial charge in [-0.05, 0) is 45.9 Å². The summed E-state index contributed by atoms with van der Waals surface area (Å²) in [7, 11) is 2.16. The van der Waals surface area contributed by atoms with Crippen molar-refractivity contribution in [2.75, 3.05) is 26.7 Å². The molecule has 1 fully saturated rings. The number of nitrogens with one attached hydrogen (secondary N) is 1. The minimum Gasteiger partial charge on any atom is -0.391 e. The Labute approximate surface area is 87.5 Å². The third kappa shape index (κ3) is 3.95. The number of unbranched alkanes of at least 4 members (excludes halogenated alkanes) is 1. The molecule has 3 heteroatoms. The van der Waals surface area contributed by atoms with Gasteiger partial charge in [-0.3, -0.25) is 0 Å². The maximum Gasteiger partial charge on any atom is 0.0705 e. The maximum atomic E-state index is 9.60. The van der Waals surface area contributed by atoms with Crippen LogP contribution < -0.4 is 5.32 Å². The quantitative estimate of drug-likeness (QED) is 0.667. The highest BCUT2D eigenvalue weighted by Crippen LogP contribution is 2.10. The molecular formula is C11H24N2O. The number of aliphatic hydroxyl groups excluding tert-OH is 1. The molecule has 2 unspecified atom stereocenters. The second kappa shape index (κ2) is 6.38. The predicted octanol–water partition coefficient (Wildman–Crippen LogP) is 0.831. The Bertz CT molecular complexity index is 152. The van der Waals surface area contributed by atoms with E-state index in [9.17, 15) is 5.11 Å². The molecule has 0 spiro atoms. The van der Waals surface area contributed by atoms with Gasteiger partial charge >= 0.3 is 0 Å². The lowest BCUT2D eigenvalue weighted by molar-refractivity contribution is 0.148. The molecule has 2 N–H and O–H groups in total. The van der Waals surface area contributed by atoms with Crippen molar-refractivity contribution in [1.29, 1.82) is 0 Å². The van der Waals surface area contributed by atoms with Crippen LogP contribution >= 0.6 is 0 Å². The summed E-state index contributed by atoms with van der Waals surface area (Å²) in [5.41, 5.74) is 0. The summed E-state index contributed by atoms with van der Waals surface area (Å²) in [6.45, 7) is 5.47. The molecule has 14 heavy (non-hydrogen) atoms. The number of rotatable bonds is 6. The lowest BCUT2D eigenvalue weighted by Crippen LogP contribution is -2.34. The molecular weight excluding hydrogens is 176 g/mol. The second-order valence-corrected chi connectivity index (χ2v) is 4.36. The lowest BCUT2D eigenvalue weighted by atomic mass is 10.1. The van der Waals surface area contributed by atoms with Gasteiger partial charge in [0.1, 0.15) is 0 Å². The van der Waals surface area contributed by atoms with E-state index in [1.54, 1.807) is 0 Å². The van der Waals surface area contributed by atoms with Crippen LogP contribution in [0.25, 0.3) is 0 Å². The molecule has 0 bridgehead atoms. The molecule has 0 aromatic rings. The van der Waals surface area contributed by atoms with Crippen molar-refractivity contribution < 1.29 is 5.11 Å². The van der Waals surface area contributed by atoms with E-state index in [-0.39, 0.29) is 6.10 Å². The largest absolute Gasteiger partial charge is 0.391 e. The van der Waals surface area contributed by atoms with Gasteiger partial charge in [-0.25, -0.2) is 0 Å². The Morgan fingerprint density at radius 1 is 1.43 bits per heavy atom. The van der Waals surface area contributed by atoms with Gasteiger partial charge in [0.05, 0.1) is 6.10 Å². The van der Waals surface area contributed by atoms with Crippen LogP contribution in [0.4, 0.5) is 0 Å². The Morgan fingerprint density at radius 3 is 2.79 bits per heavy atom. The standard InChI is InChI=1S/C11H24N2O/c1-3-4-8-13(2)9-6-10-11(14)5-7-12-10/h10-12,14H,3-9H2,1-2H3. The minimum absolute atomic E-state index is 0.116. The zero-order valence-corrected chi connectivity index (χ0v) is 9.50. The number of hydrogen-bond donors (Lipinski definition) is 2. The van der Waals surface area contributed by atoms with Gasteiger partial charge < -0.3 is 15.3 Å². The molecule has 1 rings (SSSR count). The van der Waals surface area contributed by atoms with Crippen LogP contribution in [-0.2, 0) is 0 Å². The van der Waals surface area contributed by atoms with Gasteiger partial charge in [0.15, 0.2) is 0 Å². The first kappa shape index (κ1) is 12.0. The topological polar surface area (TPSA) is 35.5 Å². The third-order valence-electron chi connectivity index (χ3n) is 3.03. The molecule has 0 aliphatic carbocycles. The highest BCUT2D eigenvalue weighted by Gasteiger charge is 2.23. The zero-order chi connectivity index (χ0) is 10.4. The predicted molar refractivity (Wildman–Crippen MR) is 59.4 cm³/mol. The molecule has 0 radical (unpaired) electrons. The van der Waals surface area contributed by atoms with E-state index < -0.39 is 0 Å². The number of nitrogens with zero attached hydrogens (tertiary/aromatic N) is 1. The lowest BCUT2D eigenvalue weighted by Gasteiger charge is -2.20. The van der Waals surface area contributed by atoms with Crippen molar-refractivity contribution in [2.24, 2.45) is 0 Å². The Hall–Kier alpha value is -0.120. The summed E-state index contributed by atoms with van der Waals surface area (Å²) in [5, 5.41) is 12.9. The van der Waals surface area contributed by atoms with Gasteiger partial charge in [0, 0.05) is 6.04 Å². The zero-order valence-electron chi connectivity index (χ0n) is 9.50. The highest BCUT2D eigenvalue weighted by atomic mass is 16.3. The fraction of sp³-hybridized carbons (Fsp3) is 1.00. The van der Waals surface area contributed by atoms with Crippen molar-refractivity contribution in [1.82, 2.24) is 10.2 Å². The van der Waals surface area contributed by atoms with Crippen molar-refractivity contribution in [3.05, 3.63) is 0 Å². The smallest absolute Gasteiger partial charge is 0.0705 e. The van der Waals surface area contributed by atoms with Gasteiger partial charge in [-0.2, -0.15) is 0 Å². The van der Waals surface area contributed by atoms with Gasteiger partial charge in [-0.15, -0.1) is 0 Å². The van der Waals surface area contributed by atoms with Crippen molar-refractivity contribution in [2.45, 2.75) is 44.8 Å². The summed E-state index contributed by atoms with van der Waals surface area (Å²) in [6, 6.07) is 0.332. The molecule has 1 saturated heterocycles. The Morgan fingerprint density at radius 2 is 2.21 bits per heavy atom. The monoisotopic (exact) mass is 200 g/mol. The molecule has 0 amide bonds. The van der Waals surface area contributed by atoms with Crippen LogP contribution in [0.5, 0.6) is 0 Å². The first-order chi connectivity index (χ1) is 6.74. The SMILES string of the molecule is CCCCN(C)CCC1NCCC1O. The van der Waals surface area contributed by atoms with E-state index in [1.807, 2.05) is 0 Å². The first-order valence-corrected chi connectivity index (χ1v) is 5.84. The van der Waals surface area contributed by atoms with Gasteiger partial charge in [0.2, 0.25) is 0 Å². The molecule has 1 aliphatic heterocycles. The van der Waals surface area contributed by atoms with Crippen molar-refractivity contribution in [3.63, 3.8) is 0 Å². The molecule has 0 saturated carbocycles. The van der Waals surface area contributed by atoms with Crippen LogP contribution in [-0.4, -0.2) is 48.8 Å². The Balaban J connectivity index is 2.07. The maximum absolute atomic E-state index is 9.60. The molecule has 1 aliphatic rings. The van der Waals surface area contributed by atoms with Crippen molar-refractivity contribution >= 4 is 0 Å². The molecule has 3 nitrogen and oxygen atoms in total. The van der Waals surface area contributed by atoms with E-state index in [2.05, 4.69) is 24.2 Å². The third-order valence-corrected chi connectivity index (χ3v) is 3.03. The van der Waals surface area contributed by atoms with Crippen LogP contribution in [0.3, 0.4) is 0 Å². The minimum atomic E-state index is -0.116. The number of hydrogen-bond acceptors (Lipinski definition) is 3. The fourth-order valence-corrected chi connectivity index (χ4v) is 1.95. The van der Waals surface area contributed by atoms with E-state index in [0.717, 1.165) is 25.9 Å².